The third kappa shape index (κ3) is 2.57. The molecule has 0 bridgehead atoms. The van der Waals surface area contributed by atoms with Crippen molar-refractivity contribution in [2.24, 2.45) is 0 Å². The van der Waals surface area contributed by atoms with Gasteiger partial charge in [0.05, 0.1) is 0 Å². The molecule has 2 aliphatic heterocycles. The maximum absolute atomic E-state index is 11.9. The molecule has 2 heterocycles. The summed E-state index contributed by atoms with van der Waals surface area (Å²) in [7, 11) is 0. The number of nitrogens with one attached hydrogen (secondary N) is 1. The number of fused-ring (bicyclic) bond motifs is 1. The first kappa shape index (κ1) is 11.7. The molecule has 1 N–H and O–H groups in total. The first-order valence-electron chi connectivity index (χ1n) is 5.98. The first-order chi connectivity index (χ1) is 9.33. The van der Waals surface area contributed by atoms with Gasteiger partial charge >= 0.3 is 0 Å². The summed E-state index contributed by atoms with van der Waals surface area (Å²) < 4.78 is 21.1. The van der Waals surface area contributed by atoms with E-state index < -0.39 is 0 Å². The lowest BCUT2D eigenvalue weighted by Gasteiger charge is -2.19. The lowest BCUT2D eigenvalue weighted by Crippen LogP contribution is -2.21. The molecule has 0 saturated carbocycles. The van der Waals surface area contributed by atoms with Gasteiger partial charge in [-0.15, -0.1) is 0 Å². The second-order valence-corrected chi connectivity index (χ2v) is 4.01. The summed E-state index contributed by atoms with van der Waals surface area (Å²) in [6, 6.07) is 5.23. The molecule has 1 aromatic rings. The molecule has 0 atom stereocenters. The molecule has 0 unspecified atom stereocenters. The van der Waals surface area contributed by atoms with Crippen LogP contribution in [-0.2, 0) is 14.3 Å². The smallest absolute Gasteiger partial charge is 0.294 e. The molecule has 0 saturated heterocycles. The van der Waals surface area contributed by atoms with Gasteiger partial charge in [0.25, 0.3) is 5.91 Å². The molecule has 0 aromatic heterocycles. The molecule has 0 aliphatic carbocycles. The van der Waals surface area contributed by atoms with Crippen LogP contribution in [0, 0.1) is 0 Å². The predicted octanol–water partition coefficient (Wildman–Crippen LogP) is 1.28. The summed E-state index contributed by atoms with van der Waals surface area (Å²) in [6.07, 6.45) is 1.32. The van der Waals surface area contributed by atoms with Crippen molar-refractivity contribution < 1.29 is 23.7 Å². The number of rotatable bonds is 2. The van der Waals surface area contributed by atoms with Crippen molar-refractivity contribution in [2.45, 2.75) is 0 Å². The highest BCUT2D eigenvalue weighted by atomic mass is 16.6. The van der Waals surface area contributed by atoms with E-state index in [2.05, 4.69) is 5.32 Å². The summed E-state index contributed by atoms with van der Waals surface area (Å²) in [5.74, 6) is 1.12. The predicted molar refractivity (Wildman–Crippen MR) is 66.0 cm³/mol. The standard InChI is InChI=1S/C13H13NO5/c15-13(12-8-16-3-4-19-12)14-9-1-2-10-11(7-9)18-6-5-17-10/h1-2,7-8H,3-6H2,(H,14,15). The van der Waals surface area contributed by atoms with Gasteiger partial charge in [0.2, 0.25) is 5.76 Å². The van der Waals surface area contributed by atoms with Crippen LogP contribution in [0.15, 0.2) is 30.2 Å². The summed E-state index contributed by atoms with van der Waals surface area (Å²) in [5, 5.41) is 2.71. The van der Waals surface area contributed by atoms with Crippen molar-refractivity contribution in [3.63, 3.8) is 0 Å². The van der Waals surface area contributed by atoms with Crippen molar-refractivity contribution in [3.05, 3.63) is 30.2 Å². The van der Waals surface area contributed by atoms with E-state index in [1.165, 1.54) is 6.26 Å². The number of amides is 1. The number of benzene rings is 1. The van der Waals surface area contributed by atoms with Gasteiger partial charge in [-0.3, -0.25) is 4.79 Å². The minimum Gasteiger partial charge on any atom is -0.494 e. The van der Waals surface area contributed by atoms with Crippen molar-refractivity contribution in [3.8, 4) is 11.5 Å². The molecule has 6 nitrogen and oxygen atoms in total. The Morgan fingerprint density at radius 3 is 2.58 bits per heavy atom. The van der Waals surface area contributed by atoms with Gasteiger partial charge in [-0.2, -0.15) is 0 Å². The Hall–Kier alpha value is -2.37. The van der Waals surface area contributed by atoms with Gasteiger partial charge in [0.1, 0.15) is 32.7 Å². The average Bonchev–Trinajstić information content (AvgIpc) is 2.48. The molecular formula is C13H13NO5. The van der Waals surface area contributed by atoms with E-state index in [0.717, 1.165) is 0 Å². The van der Waals surface area contributed by atoms with E-state index in [-0.39, 0.29) is 11.7 Å². The van der Waals surface area contributed by atoms with E-state index in [4.69, 9.17) is 18.9 Å². The Labute approximate surface area is 109 Å². The van der Waals surface area contributed by atoms with E-state index in [1.807, 2.05) is 0 Å². The Bertz CT molecular complexity index is 526. The minimum atomic E-state index is -0.351. The van der Waals surface area contributed by atoms with E-state index in [9.17, 15) is 4.79 Å². The molecule has 3 rings (SSSR count). The highest BCUT2D eigenvalue weighted by Gasteiger charge is 2.17. The maximum atomic E-state index is 11.9. The first-order valence-corrected chi connectivity index (χ1v) is 5.98. The molecule has 2 aliphatic rings. The molecular weight excluding hydrogens is 250 g/mol. The Morgan fingerprint density at radius 2 is 1.79 bits per heavy atom. The molecule has 1 amide bonds. The van der Waals surface area contributed by atoms with Gasteiger partial charge in [-0.05, 0) is 12.1 Å². The van der Waals surface area contributed by atoms with Gasteiger partial charge in [0, 0.05) is 11.8 Å². The van der Waals surface area contributed by atoms with E-state index in [1.54, 1.807) is 18.2 Å². The normalized spacial score (nSPS) is 16.7. The number of hydrogen-bond acceptors (Lipinski definition) is 5. The largest absolute Gasteiger partial charge is 0.494 e. The second kappa shape index (κ2) is 5.09. The van der Waals surface area contributed by atoms with Crippen LogP contribution in [0.3, 0.4) is 0 Å². The average molecular weight is 263 g/mol. The van der Waals surface area contributed by atoms with Crippen molar-refractivity contribution in [2.75, 3.05) is 31.7 Å². The number of carbonyl (C=O) groups is 1. The minimum absolute atomic E-state index is 0.168. The highest BCUT2D eigenvalue weighted by Crippen LogP contribution is 2.32. The third-order valence-electron chi connectivity index (χ3n) is 2.67. The number of carbonyl (C=O) groups excluding carboxylic acids is 1. The fourth-order valence-electron chi connectivity index (χ4n) is 1.80. The summed E-state index contributed by atoms with van der Waals surface area (Å²) in [4.78, 5) is 11.9. The zero-order valence-electron chi connectivity index (χ0n) is 10.2. The molecule has 0 spiro atoms. The molecule has 0 radical (unpaired) electrons. The van der Waals surface area contributed by atoms with Crippen molar-refractivity contribution in [1.82, 2.24) is 0 Å². The number of ether oxygens (including phenoxy) is 4. The monoisotopic (exact) mass is 263 g/mol. The maximum Gasteiger partial charge on any atom is 0.294 e. The third-order valence-corrected chi connectivity index (χ3v) is 2.67. The fourth-order valence-corrected chi connectivity index (χ4v) is 1.80. The van der Waals surface area contributed by atoms with E-state index in [0.29, 0.717) is 43.6 Å². The van der Waals surface area contributed by atoms with Crippen LogP contribution in [0.1, 0.15) is 0 Å². The number of hydrogen-bond donors (Lipinski definition) is 1. The van der Waals surface area contributed by atoms with Crippen LogP contribution < -0.4 is 14.8 Å². The zero-order chi connectivity index (χ0) is 13.1. The van der Waals surface area contributed by atoms with Crippen molar-refractivity contribution >= 4 is 11.6 Å². The van der Waals surface area contributed by atoms with Gasteiger partial charge in [-0.25, -0.2) is 0 Å². The van der Waals surface area contributed by atoms with Crippen LogP contribution in [0.4, 0.5) is 5.69 Å². The van der Waals surface area contributed by atoms with Crippen LogP contribution in [0.25, 0.3) is 0 Å². The fraction of sp³-hybridized carbons (Fsp3) is 0.308. The van der Waals surface area contributed by atoms with Crippen LogP contribution in [0.2, 0.25) is 0 Å². The summed E-state index contributed by atoms with van der Waals surface area (Å²) in [5.41, 5.74) is 0.615. The summed E-state index contributed by atoms with van der Waals surface area (Å²) in [6.45, 7) is 1.88. The lowest BCUT2D eigenvalue weighted by molar-refractivity contribution is -0.117. The summed E-state index contributed by atoms with van der Waals surface area (Å²) >= 11 is 0. The molecule has 1 aromatic carbocycles. The van der Waals surface area contributed by atoms with Crippen LogP contribution in [-0.4, -0.2) is 32.3 Å². The van der Waals surface area contributed by atoms with Crippen molar-refractivity contribution in [1.29, 1.82) is 0 Å². The van der Waals surface area contributed by atoms with Crippen LogP contribution >= 0.6 is 0 Å². The van der Waals surface area contributed by atoms with Crippen LogP contribution in [0.5, 0.6) is 11.5 Å². The molecule has 19 heavy (non-hydrogen) atoms. The van der Waals surface area contributed by atoms with Gasteiger partial charge < -0.3 is 24.3 Å². The van der Waals surface area contributed by atoms with Gasteiger partial charge in [0.15, 0.2) is 11.5 Å². The van der Waals surface area contributed by atoms with Gasteiger partial charge in [-0.1, -0.05) is 0 Å². The number of anilines is 1. The highest BCUT2D eigenvalue weighted by molar-refractivity contribution is 6.02. The Kier molecular flexibility index (Phi) is 3.14. The Morgan fingerprint density at radius 1 is 1.00 bits per heavy atom. The second-order valence-electron chi connectivity index (χ2n) is 4.01. The Balaban J connectivity index is 1.72. The molecule has 100 valence electrons. The quantitative estimate of drug-likeness (QED) is 0.870. The lowest BCUT2D eigenvalue weighted by atomic mass is 10.2. The zero-order valence-corrected chi connectivity index (χ0v) is 10.2. The molecule has 0 fully saturated rings. The SMILES string of the molecule is O=C(Nc1ccc2c(c1)OCCO2)C1=COCCO1. The topological polar surface area (TPSA) is 66.0 Å². The van der Waals surface area contributed by atoms with E-state index >= 15 is 0 Å². The molecule has 6 heteroatoms.